The largest absolute Gasteiger partial charge is 0.476 e. The Morgan fingerprint density at radius 1 is 1.59 bits per heavy atom. The van der Waals surface area contributed by atoms with Gasteiger partial charge in [-0.1, -0.05) is 0 Å². The lowest BCUT2D eigenvalue weighted by molar-refractivity contribution is 0.102. The maximum absolute atomic E-state index is 11.8. The SMILES string of the molecule is CCOc1ncccc1NC(=O)c1cn[nH]c1. The van der Waals surface area contributed by atoms with E-state index in [0.29, 0.717) is 23.7 Å². The highest BCUT2D eigenvalue weighted by Crippen LogP contribution is 2.20. The first-order valence-corrected chi connectivity index (χ1v) is 5.19. The van der Waals surface area contributed by atoms with Crippen LogP contribution in [-0.2, 0) is 0 Å². The maximum atomic E-state index is 11.8. The molecule has 88 valence electrons. The number of carbonyl (C=O) groups excluding carboxylic acids is 1. The van der Waals surface area contributed by atoms with Crippen LogP contribution in [0.3, 0.4) is 0 Å². The molecule has 0 saturated carbocycles. The second-order valence-electron chi connectivity index (χ2n) is 3.23. The average Bonchev–Trinajstić information content (AvgIpc) is 2.85. The molecule has 0 unspecified atom stereocenters. The quantitative estimate of drug-likeness (QED) is 0.836. The van der Waals surface area contributed by atoms with E-state index in [1.54, 1.807) is 18.3 Å². The van der Waals surface area contributed by atoms with Crippen molar-refractivity contribution in [3.05, 3.63) is 36.3 Å². The zero-order valence-corrected chi connectivity index (χ0v) is 9.30. The van der Waals surface area contributed by atoms with Crippen molar-refractivity contribution in [2.75, 3.05) is 11.9 Å². The van der Waals surface area contributed by atoms with Gasteiger partial charge in [0.2, 0.25) is 5.88 Å². The number of hydrogen-bond acceptors (Lipinski definition) is 4. The zero-order chi connectivity index (χ0) is 12.1. The standard InChI is InChI=1S/C11H12N4O2/c1-2-17-11-9(4-3-5-12-11)15-10(16)8-6-13-14-7-8/h3-7H,2H2,1H3,(H,13,14)(H,15,16). The zero-order valence-electron chi connectivity index (χ0n) is 9.30. The number of aromatic amines is 1. The fraction of sp³-hybridized carbons (Fsp3) is 0.182. The molecule has 1 amide bonds. The molecule has 2 aromatic heterocycles. The molecule has 0 radical (unpaired) electrons. The lowest BCUT2D eigenvalue weighted by Crippen LogP contribution is -2.12. The Morgan fingerprint density at radius 3 is 3.18 bits per heavy atom. The van der Waals surface area contributed by atoms with Gasteiger partial charge >= 0.3 is 0 Å². The first-order chi connectivity index (χ1) is 8.31. The third kappa shape index (κ3) is 2.60. The van der Waals surface area contributed by atoms with Crippen molar-refractivity contribution in [1.82, 2.24) is 15.2 Å². The van der Waals surface area contributed by atoms with Gasteiger partial charge in [0.15, 0.2) is 0 Å². The predicted octanol–water partition coefficient (Wildman–Crippen LogP) is 1.46. The number of aromatic nitrogens is 3. The van der Waals surface area contributed by atoms with Gasteiger partial charge in [-0.15, -0.1) is 0 Å². The van der Waals surface area contributed by atoms with E-state index in [1.165, 1.54) is 12.4 Å². The molecule has 0 fully saturated rings. The molecule has 17 heavy (non-hydrogen) atoms. The van der Waals surface area contributed by atoms with Crippen LogP contribution in [0.5, 0.6) is 5.88 Å². The second kappa shape index (κ2) is 5.11. The second-order valence-corrected chi connectivity index (χ2v) is 3.23. The first-order valence-electron chi connectivity index (χ1n) is 5.19. The minimum absolute atomic E-state index is 0.257. The highest BCUT2D eigenvalue weighted by molar-refractivity contribution is 6.04. The van der Waals surface area contributed by atoms with Crippen LogP contribution < -0.4 is 10.1 Å². The number of pyridine rings is 1. The molecule has 0 aliphatic heterocycles. The molecule has 0 spiro atoms. The Hall–Kier alpha value is -2.37. The number of ether oxygens (including phenoxy) is 1. The van der Waals surface area contributed by atoms with Gasteiger partial charge < -0.3 is 10.1 Å². The highest BCUT2D eigenvalue weighted by atomic mass is 16.5. The van der Waals surface area contributed by atoms with Gasteiger partial charge in [-0.25, -0.2) is 4.98 Å². The molecule has 0 aliphatic carbocycles. The Kier molecular flexibility index (Phi) is 3.34. The van der Waals surface area contributed by atoms with Gasteiger partial charge in [-0.2, -0.15) is 5.10 Å². The van der Waals surface area contributed by atoms with E-state index in [0.717, 1.165) is 0 Å². The van der Waals surface area contributed by atoms with E-state index in [-0.39, 0.29) is 5.91 Å². The van der Waals surface area contributed by atoms with E-state index in [2.05, 4.69) is 20.5 Å². The monoisotopic (exact) mass is 232 g/mol. The van der Waals surface area contributed by atoms with Gasteiger partial charge in [-0.05, 0) is 19.1 Å². The van der Waals surface area contributed by atoms with Crippen LogP contribution in [0.25, 0.3) is 0 Å². The Labute approximate surface area is 98.0 Å². The van der Waals surface area contributed by atoms with Gasteiger partial charge in [0.25, 0.3) is 5.91 Å². The van der Waals surface area contributed by atoms with Crippen LogP contribution in [0.2, 0.25) is 0 Å². The van der Waals surface area contributed by atoms with Crippen molar-refractivity contribution in [2.24, 2.45) is 0 Å². The summed E-state index contributed by atoms with van der Waals surface area (Å²) in [6, 6.07) is 3.46. The van der Waals surface area contributed by atoms with Crippen molar-refractivity contribution in [2.45, 2.75) is 6.92 Å². The molecule has 2 N–H and O–H groups in total. The van der Waals surface area contributed by atoms with E-state index >= 15 is 0 Å². The molecule has 0 saturated heterocycles. The lowest BCUT2D eigenvalue weighted by atomic mass is 10.3. The molecular formula is C11H12N4O2. The summed E-state index contributed by atoms with van der Waals surface area (Å²) < 4.78 is 5.31. The Bertz CT molecular complexity index is 496. The van der Waals surface area contributed by atoms with E-state index in [4.69, 9.17) is 4.74 Å². The molecule has 2 aromatic rings. The van der Waals surface area contributed by atoms with E-state index in [9.17, 15) is 4.79 Å². The third-order valence-electron chi connectivity index (χ3n) is 2.06. The summed E-state index contributed by atoms with van der Waals surface area (Å²) in [6.45, 7) is 2.35. The molecule has 0 atom stereocenters. The van der Waals surface area contributed by atoms with Crippen LogP contribution >= 0.6 is 0 Å². The summed E-state index contributed by atoms with van der Waals surface area (Å²) >= 11 is 0. The molecule has 2 heterocycles. The number of anilines is 1. The number of hydrogen-bond donors (Lipinski definition) is 2. The van der Waals surface area contributed by atoms with Gasteiger partial charge in [-0.3, -0.25) is 9.89 Å². The van der Waals surface area contributed by atoms with Crippen molar-refractivity contribution in [3.63, 3.8) is 0 Å². The third-order valence-corrected chi connectivity index (χ3v) is 2.06. The van der Waals surface area contributed by atoms with Crippen molar-refractivity contribution in [1.29, 1.82) is 0 Å². The van der Waals surface area contributed by atoms with Crippen LogP contribution in [0.4, 0.5) is 5.69 Å². The van der Waals surface area contributed by atoms with Crippen molar-refractivity contribution >= 4 is 11.6 Å². The fourth-order valence-electron chi connectivity index (χ4n) is 1.31. The summed E-state index contributed by atoms with van der Waals surface area (Å²) in [5.74, 6) is 0.152. The lowest BCUT2D eigenvalue weighted by Gasteiger charge is -2.08. The summed E-state index contributed by atoms with van der Waals surface area (Å²) in [5.41, 5.74) is 0.997. The number of H-pyrrole nitrogens is 1. The number of nitrogens with zero attached hydrogens (tertiary/aromatic N) is 2. The molecule has 0 aliphatic rings. The van der Waals surface area contributed by atoms with Crippen molar-refractivity contribution < 1.29 is 9.53 Å². The van der Waals surface area contributed by atoms with E-state index in [1.807, 2.05) is 6.92 Å². The van der Waals surface area contributed by atoms with Crippen molar-refractivity contribution in [3.8, 4) is 5.88 Å². The number of amides is 1. The molecular weight excluding hydrogens is 220 g/mol. The van der Waals surface area contributed by atoms with Crippen LogP contribution in [0.15, 0.2) is 30.7 Å². The summed E-state index contributed by atoms with van der Waals surface area (Å²) in [4.78, 5) is 15.8. The average molecular weight is 232 g/mol. The predicted molar refractivity (Wildman–Crippen MR) is 61.9 cm³/mol. The summed E-state index contributed by atoms with van der Waals surface area (Å²) in [5, 5.41) is 9.00. The van der Waals surface area contributed by atoms with Crippen LogP contribution in [0.1, 0.15) is 17.3 Å². The number of nitrogens with one attached hydrogen (secondary N) is 2. The van der Waals surface area contributed by atoms with Gasteiger partial charge in [0.1, 0.15) is 5.69 Å². The fourth-order valence-corrected chi connectivity index (χ4v) is 1.31. The summed E-state index contributed by atoms with van der Waals surface area (Å²) in [6.07, 6.45) is 4.58. The van der Waals surface area contributed by atoms with Crippen LogP contribution in [0, 0.1) is 0 Å². The van der Waals surface area contributed by atoms with Gasteiger partial charge in [0.05, 0.1) is 18.4 Å². The molecule has 0 bridgehead atoms. The smallest absolute Gasteiger partial charge is 0.258 e. The summed E-state index contributed by atoms with van der Waals surface area (Å²) in [7, 11) is 0. The molecule has 2 rings (SSSR count). The molecule has 6 heteroatoms. The first kappa shape index (κ1) is 11.1. The highest BCUT2D eigenvalue weighted by Gasteiger charge is 2.10. The topological polar surface area (TPSA) is 79.9 Å². The number of rotatable bonds is 4. The Morgan fingerprint density at radius 2 is 2.47 bits per heavy atom. The molecule has 6 nitrogen and oxygen atoms in total. The normalized spacial score (nSPS) is 9.94. The molecule has 0 aromatic carbocycles. The maximum Gasteiger partial charge on any atom is 0.258 e. The number of carbonyl (C=O) groups is 1. The van der Waals surface area contributed by atoms with Gasteiger partial charge in [0, 0.05) is 12.4 Å². The minimum atomic E-state index is -0.257. The Balaban J connectivity index is 2.15. The van der Waals surface area contributed by atoms with Crippen LogP contribution in [-0.4, -0.2) is 27.7 Å². The minimum Gasteiger partial charge on any atom is -0.476 e. The van der Waals surface area contributed by atoms with E-state index < -0.39 is 0 Å².